The highest BCUT2D eigenvalue weighted by molar-refractivity contribution is 9.10. The molecule has 0 saturated heterocycles. The van der Waals surface area contributed by atoms with E-state index in [9.17, 15) is 4.79 Å². The van der Waals surface area contributed by atoms with Gasteiger partial charge < -0.3 is 0 Å². The number of hydrogen-bond acceptors (Lipinski definition) is 5. The monoisotopic (exact) mass is 318 g/mol. The van der Waals surface area contributed by atoms with E-state index in [1.54, 1.807) is 16.7 Å². The van der Waals surface area contributed by atoms with Gasteiger partial charge in [-0.3, -0.25) is 9.63 Å². The minimum atomic E-state index is -0.333. The smallest absolute Gasteiger partial charge is 0.277 e. The number of thiazole rings is 1. The van der Waals surface area contributed by atoms with Crippen molar-refractivity contribution in [2.75, 3.05) is 7.11 Å². The van der Waals surface area contributed by atoms with Crippen molar-refractivity contribution in [3.05, 3.63) is 27.0 Å². The van der Waals surface area contributed by atoms with Crippen molar-refractivity contribution in [3.8, 4) is 9.88 Å². The molecule has 4 nitrogen and oxygen atoms in total. The number of hydrogen-bond donors (Lipinski definition) is 1. The van der Waals surface area contributed by atoms with Crippen molar-refractivity contribution < 1.29 is 9.63 Å². The summed E-state index contributed by atoms with van der Waals surface area (Å²) in [5.41, 5.74) is 2.60. The summed E-state index contributed by atoms with van der Waals surface area (Å²) in [4.78, 5) is 21.2. The van der Waals surface area contributed by atoms with Gasteiger partial charge in [-0.05, 0) is 22.0 Å². The molecule has 0 atom stereocenters. The number of carbonyl (C=O) groups is 1. The van der Waals surface area contributed by atoms with Crippen LogP contribution in [0.3, 0.4) is 0 Å². The number of thiophene rings is 1. The van der Waals surface area contributed by atoms with Gasteiger partial charge >= 0.3 is 0 Å². The van der Waals surface area contributed by atoms with Gasteiger partial charge in [0.1, 0.15) is 10.7 Å². The average Bonchev–Trinajstić information content (AvgIpc) is 2.85. The molecule has 0 spiro atoms. The van der Waals surface area contributed by atoms with E-state index in [2.05, 4.69) is 31.2 Å². The van der Waals surface area contributed by atoms with Crippen LogP contribution < -0.4 is 5.48 Å². The van der Waals surface area contributed by atoms with Gasteiger partial charge in [-0.15, -0.1) is 22.7 Å². The summed E-state index contributed by atoms with van der Waals surface area (Å²) in [6.45, 7) is 0. The van der Waals surface area contributed by atoms with Crippen LogP contribution in [-0.2, 0) is 4.84 Å². The van der Waals surface area contributed by atoms with Crippen molar-refractivity contribution in [2.24, 2.45) is 0 Å². The molecule has 2 aromatic heterocycles. The van der Waals surface area contributed by atoms with Crippen molar-refractivity contribution in [3.63, 3.8) is 0 Å². The van der Waals surface area contributed by atoms with Crippen LogP contribution in [0, 0.1) is 0 Å². The molecule has 0 radical (unpaired) electrons. The molecule has 2 rings (SSSR count). The minimum absolute atomic E-state index is 0.333. The molecule has 0 aromatic carbocycles. The first kappa shape index (κ1) is 11.7. The standard InChI is InChI=1S/C9H7BrN2O2S2/c1-14-12-8(13)6-4-16-9(11-6)7-2-5(10)3-15-7/h2-4H,1H3,(H,12,13). The third-order valence-electron chi connectivity index (χ3n) is 1.71. The van der Waals surface area contributed by atoms with Gasteiger partial charge in [0.15, 0.2) is 0 Å². The van der Waals surface area contributed by atoms with Crippen LogP contribution in [0.2, 0.25) is 0 Å². The number of nitrogens with zero attached hydrogens (tertiary/aromatic N) is 1. The van der Waals surface area contributed by atoms with E-state index in [0.717, 1.165) is 14.4 Å². The first-order chi connectivity index (χ1) is 7.70. The fraction of sp³-hybridized carbons (Fsp3) is 0.111. The highest BCUT2D eigenvalue weighted by Crippen LogP contribution is 2.31. The second-order valence-electron chi connectivity index (χ2n) is 2.80. The quantitative estimate of drug-likeness (QED) is 0.885. The number of aromatic nitrogens is 1. The Morgan fingerprint density at radius 2 is 2.31 bits per heavy atom. The highest BCUT2D eigenvalue weighted by atomic mass is 79.9. The maximum atomic E-state index is 11.4. The Morgan fingerprint density at radius 1 is 1.50 bits per heavy atom. The van der Waals surface area contributed by atoms with E-state index >= 15 is 0 Å². The third kappa shape index (κ3) is 2.49. The van der Waals surface area contributed by atoms with Crippen molar-refractivity contribution in [2.45, 2.75) is 0 Å². The maximum Gasteiger partial charge on any atom is 0.294 e. The van der Waals surface area contributed by atoms with E-state index in [0.29, 0.717) is 5.69 Å². The minimum Gasteiger partial charge on any atom is -0.277 e. The zero-order valence-corrected chi connectivity index (χ0v) is 11.4. The molecule has 0 unspecified atom stereocenters. The summed E-state index contributed by atoms with van der Waals surface area (Å²) in [5.74, 6) is -0.333. The molecule has 84 valence electrons. The summed E-state index contributed by atoms with van der Waals surface area (Å²) in [6, 6.07) is 1.97. The van der Waals surface area contributed by atoms with Crippen LogP contribution in [0.5, 0.6) is 0 Å². The van der Waals surface area contributed by atoms with Gasteiger partial charge in [-0.1, -0.05) is 0 Å². The number of nitrogens with one attached hydrogen (secondary N) is 1. The number of carbonyl (C=O) groups excluding carboxylic acids is 1. The van der Waals surface area contributed by atoms with Crippen molar-refractivity contribution in [1.82, 2.24) is 10.5 Å². The number of halogens is 1. The van der Waals surface area contributed by atoms with Crippen LogP contribution >= 0.6 is 38.6 Å². The summed E-state index contributed by atoms with van der Waals surface area (Å²) < 4.78 is 1.02. The van der Waals surface area contributed by atoms with E-state index in [4.69, 9.17) is 0 Å². The number of hydroxylamine groups is 1. The molecule has 0 aliphatic rings. The maximum absolute atomic E-state index is 11.4. The lowest BCUT2D eigenvalue weighted by molar-refractivity contribution is 0.0533. The Bertz CT molecular complexity index is 509. The molecule has 16 heavy (non-hydrogen) atoms. The highest BCUT2D eigenvalue weighted by Gasteiger charge is 2.12. The summed E-state index contributed by atoms with van der Waals surface area (Å²) in [7, 11) is 1.39. The van der Waals surface area contributed by atoms with Gasteiger partial charge in [-0.25, -0.2) is 10.5 Å². The first-order valence-corrected chi connectivity index (χ1v) is 6.79. The molecule has 2 aromatic rings. The second kappa shape index (κ2) is 5.05. The van der Waals surface area contributed by atoms with E-state index in [1.807, 2.05) is 11.4 Å². The zero-order valence-electron chi connectivity index (χ0n) is 8.19. The van der Waals surface area contributed by atoms with Gasteiger partial charge in [-0.2, -0.15) is 0 Å². The van der Waals surface area contributed by atoms with Gasteiger partial charge in [0.2, 0.25) is 0 Å². The van der Waals surface area contributed by atoms with E-state index in [-0.39, 0.29) is 5.91 Å². The summed E-state index contributed by atoms with van der Waals surface area (Å²) in [5, 5.41) is 4.51. The number of amides is 1. The molecule has 0 aliphatic heterocycles. The van der Waals surface area contributed by atoms with E-state index in [1.165, 1.54) is 18.4 Å². The lowest BCUT2D eigenvalue weighted by Crippen LogP contribution is -2.21. The average molecular weight is 319 g/mol. The van der Waals surface area contributed by atoms with Gasteiger partial charge in [0, 0.05) is 15.2 Å². The van der Waals surface area contributed by atoms with Crippen LogP contribution in [0.15, 0.2) is 21.3 Å². The van der Waals surface area contributed by atoms with Gasteiger partial charge in [0.25, 0.3) is 5.91 Å². The number of rotatable bonds is 3. The Kier molecular flexibility index (Phi) is 3.70. The molecule has 2 heterocycles. The Hall–Kier alpha value is -0.760. The van der Waals surface area contributed by atoms with Crippen molar-refractivity contribution in [1.29, 1.82) is 0 Å². The van der Waals surface area contributed by atoms with Crippen LogP contribution in [0.1, 0.15) is 10.5 Å². The molecule has 1 amide bonds. The van der Waals surface area contributed by atoms with Gasteiger partial charge in [0.05, 0.1) is 12.0 Å². The topological polar surface area (TPSA) is 51.2 Å². The van der Waals surface area contributed by atoms with Crippen LogP contribution in [0.25, 0.3) is 9.88 Å². The largest absolute Gasteiger partial charge is 0.294 e. The predicted molar refractivity (Wildman–Crippen MR) is 67.6 cm³/mol. The fourth-order valence-electron chi connectivity index (χ4n) is 1.06. The molecule has 7 heteroatoms. The normalized spacial score (nSPS) is 10.4. The first-order valence-electron chi connectivity index (χ1n) is 4.24. The predicted octanol–water partition coefficient (Wildman–Crippen LogP) is 2.93. The Balaban J connectivity index is 2.22. The zero-order chi connectivity index (χ0) is 11.5. The molecular formula is C9H7BrN2O2S2. The summed E-state index contributed by atoms with van der Waals surface area (Å²) in [6.07, 6.45) is 0. The molecule has 1 N–H and O–H groups in total. The SMILES string of the molecule is CONC(=O)c1csc(-c2cc(Br)cs2)n1. The second-order valence-corrected chi connectivity index (χ2v) is 5.49. The van der Waals surface area contributed by atoms with Crippen molar-refractivity contribution >= 4 is 44.5 Å². The molecule has 0 bridgehead atoms. The third-order valence-corrected chi connectivity index (χ3v) is 4.41. The molecule has 0 fully saturated rings. The molecule has 0 aliphatic carbocycles. The van der Waals surface area contributed by atoms with Crippen LogP contribution in [0.4, 0.5) is 0 Å². The van der Waals surface area contributed by atoms with Crippen LogP contribution in [-0.4, -0.2) is 18.0 Å². The Morgan fingerprint density at radius 3 is 2.94 bits per heavy atom. The lowest BCUT2D eigenvalue weighted by Gasteiger charge is -1.96. The molecular weight excluding hydrogens is 312 g/mol. The van der Waals surface area contributed by atoms with E-state index < -0.39 is 0 Å². The Labute approximate surface area is 108 Å². The molecule has 0 saturated carbocycles. The lowest BCUT2D eigenvalue weighted by atomic mass is 10.4. The fourth-order valence-corrected chi connectivity index (χ4v) is 3.37. The summed E-state index contributed by atoms with van der Waals surface area (Å²) >= 11 is 6.39.